The number of rotatable bonds is 1. The molecule has 0 spiro atoms. The van der Waals surface area contributed by atoms with Crippen molar-refractivity contribution in [2.75, 3.05) is 6.54 Å². The predicted molar refractivity (Wildman–Crippen MR) is 59.1 cm³/mol. The SMILES string of the molecule is CCC(=O)N1CCC(C)(C)CC1(C)C. The van der Waals surface area contributed by atoms with Crippen LogP contribution in [0.3, 0.4) is 0 Å². The highest BCUT2D eigenvalue weighted by atomic mass is 16.2. The van der Waals surface area contributed by atoms with Gasteiger partial charge in [-0.25, -0.2) is 0 Å². The number of hydrogen-bond acceptors (Lipinski definition) is 1. The number of amides is 1. The van der Waals surface area contributed by atoms with E-state index in [1.54, 1.807) is 0 Å². The van der Waals surface area contributed by atoms with Crippen molar-refractivity contribution in [3.05, 3.63) is 0 Å². The van der Waals surface area contributed by atoms with Crippen LogP contribution < -0.4 is 0 Å². The molecule has 1 fully saturated rings. The molecule has 0 aromatic carbocycles. The summed E-state index contributed by atoms with van der Waals surface area (Å²) in [4.78, 5) is 13.8. The van der Waals surface area contributed by atoms with E-state index in [1.807, 2.05) is 6.92 Å². The molecule has 0 aliphatic carbocycles. The molecule has 0 atom stereocenters. The Balaban J connectivity index is 2.78. The summed E-state index contributed by atoms with van der Waals surface area (Å²) in [6.45, 7) is 11.8. The van der Waals surface area contributed by atoms with E-state index in [4.69, 9.17) is 0 Å². The largest absolute Gasteiger partial charge is 0.338 e. The van der Waals surface area contributed by atoms with Crippen LogP contribution in [0.5, 0.6) is 0 Å². The minimum absolute atomic E-state index is 0.0366. The van der Waals surface area contributed by atoms with Crippen molar-refractivity contribution < 1.29 is 4.79 Å². The first-order valence-electron chi connectivity index (χ1n) is 5.59. The van der Waals surface area contributed by atoms with Crippen LogP contribution in [-0.4, -0.2) is 22.9 Å². The first-order chi connectivity index (χ1) is 6.28. The van der Waals surface area contributed by atoms with Crippen LogP contribution in [0.15, 0.2) is 0 Å². The van der Waals surface area contributed by atoms with E-state index in [0.717, 1.165) is 19.4 Å². The number of carbonyl (C=O) groups excluding carboxylic acids is 1. The maximum atomic E-state index is 11.7. The summed E-state index contributed by atoms with van der Waals surface area (Å²) in [5, 5.41) is 0. The van der Waals surface area contributed by atoms with Crippen LogP contribution in [0.4, 0.5) is 0 Å². The van der Waals surface area contributed by atoms with E-state index < -0.39 is 0 Å². The smallest absolute Gasteiger partial charge is 0.222 e. The number of nitrogens with zero attached hydrogens (tertiary/aromatic N) is 1. The third-order valence-electron chi connectivity index (χ3n) is 3.26. The van der Waals surface area contributed by atoms with Crippen molar-refractivity contribution in [2.24, 2.45) is 5.41 Å². The fourth-order valence-corrected chi connectivity index (χ4v) is 2.73. The van der Waals surface area contributed by atoms with Gasteiger partial charge in [-0.05, 0) is 32.1 Å². The second-order valence-electron chi connectivity index (χ2n) is 5.80. The molecule has 2 nitrogen and oxygen atoms in total. The molecule has 0 aromatic rings. The summed E-state index contributed by atoms with van der Waals surface area (Å²) in [5.74, 6) is 0.297. The normalized spacial score (nSPS) is 24.8. The molecule has 1 heterocycles. The van der Waals surface area contributed by atoms with E-state index in [0.29, 0.717) is 17.7 Å². The van der Waals surface area contributed by atoms with E-state index in [2.05, 4.69) is 32.6 Å². The van der Waals surface area contributed by atoms with Crippen LogP contribution in [0.1, 0.15) is 53.9 Å². The van der Waals surface area contributed by atoms with Gasteiger partial charge in [0.05, 0.1) is 0 Å². The fraction of sp³-hybridized carbons (Fsp3) is 0.917. The molecular formula is C12H23NO. The molecule has 0 unspecified atom stereocenters. The molecule has 14 heavy (non-hydrogen) atoms. The summed E-state index contributed by atoms with van der Waals surface area (Å²) < 4.78 is 0. The first kappa shape index (κ1) is 11.5. The zero-order valence-corrected chi connectivity index (χ0v) is 10.2. The third-order valence-corrected chi connectivity index (χ3v) is 3.26. The lowest BCUT2D eigenvalue weighted by Crippen LogP contribution is -2.54. The summed E-state index contributed by atoms with van der Waals surface area (Å²) in [5.41, 5.74) is 0.420. The first-order valence-corrected chi connectivity index (χ1v) is 5.59. The van der Waals surface area contributed by atoms with Crippen molar-refractivity contribution in [1.82, 2.24) is 4.90 Å². The molecule has 1 amide bonds. The van der Waals surface area contributed by atoms with Gasteiger partial charge in [-0.2, -0.15) is 0 Å². The molecular weight excluding hydrogens is 174 g/mol. The van der Waals surface area contributed by atoms with Crippen molar-refractivity contribution in [2.45, 2.75) is 59.4 Å². The van der Waals surface area contributed by atoms with Gasteiger partial charge < -0.3 is 4.90 Å². The lowest BCUT2D eigenvalue weighted by Gasteiger charge is -2.49. The molecule has 2 heteroatoms. The summed E-state index contributed by atoms with van der Waals surface area (Å²) in [6.07, 6.45) is 2.86. The van der Waals surface area contributed by atoms with Crippen LogP contribution in [0, 0.1) is 5.41 Å². The average molecular weight is 197 g/mol. The quantitative estimate of drug-likeness (QED) is 0.633. The van der Waals surface area contributed by atoms with Gasteiger partial charge in [-0.3, -0.25) is 4.79 Å². The molecule has 1 aliphatic heterocycles. The zero-order valence-electron chi connectivity index (χ0n) is 10.2. The Hall–Kier alpha value is -0.530. The minimum atomic E-state index is 0.0366. The summed E-state index contributed by atoms with van der Waals surface area (Å²) >= 11 is 0. The van der Waals surface area contributed by atoms with Crippen LogP contribution in [0.25, 0.3) is 0 Å². The molecule has 1 saturated heterocycles. The second kappa shape index (κ2) is 3.56. The minimum Gasteiger partial charge on any atom is -0.338 e. The van der Waals surface area contributed by atoms with Gasteiger partial charge >= 0.3 is 0 Å². The maximum Gasteiger partial charge on any atom is 0.222 e. The molecule has 82 valence electrons. The topological polar surface area (TPSA) is 20.3 Å². The number of piperidine rings is 1. The van der Waals surface area contributed by atoms with Crippen molar-refractivity contribution in [1.29, 1.82) is 0 Å². The van der Waals surface area contributed by atoms with Gasteiger partial charge in [0.15, 0.2) is 0 Å². The summed E-state index contributed by atoms with van der Waals surface area (Å²) in [6, 6.07) is 0. The Morgan fingerprint density at radius 2 is 1.86 bits per heavy atom. The van der Waals surface area contributed by atoms with E-state index >= 15 is 0 Å². The fourth-order valence-electron chi connectivity index (χ4n) is 2.73. The molecule has 0 radical (unpaired) electrons. The number of likely N-dealkylation sites (tertiary alicyclic amines) is 1. The highest BCUT2D eigenvalue weighted by Gasteiger charge is 2.40. The highest BCUT2D eigenvalue weighted by Crippen LogP contribution is 2.39. The highest BCUT2D eigenvalue weighted by molar-refractivity contribution is 5.76. The van der Waals surface area contributed by atoms with Crippen molar-refractivity contribution >= 4 is 5.91 Å². The lowest BCUT2D eigenvalue weighted by molar-refractivity contribution is -0.140. The van der Waals surface area contributed by atoms with Crippen LogP contribution in [0.2, 0.25) is 0 Å². The van der Waals surface area contributed by atoms with Gasteiger partial charge in [0.2, 0.25) is 5.91 Å². The molecule has 0 aromatic heterocycles. The Kier molecular flexibility index (Phi) is 2.93. The van der Waals surface area contributed by atoms with Gasteiger partial charge in [-0.1, -0.05) is 20.8 Å². The number of carbonyl (C=O) groups is 1. The maximum absolute atomic E-state index is 11.7. The average Bonchev–Trinajstić information content (AvgIpc) is 1.99. The second-order valence-corrected chi connectivity index (χ2v) is 5.80. The molecule has 0 saturated carbocycles. The Morgan fingerprint density at radius 3 is 2.29 bits per heavy atom. The Bertz CT molecular complexity index is 230. The Morgan fingerprint density at radius 1 is 1.29 bits per heavy atom. The number of hydrogen-bond donors (Lipinski definition) is 0. The van der Waals surface area contributed by atoms with E-state index in [-0.39, 0.29) is 5.54 Å². The standard InChI is InChI=1S/C12H23NO/c1-6-10(14)13-8-7-11(2,3)9-12(13,4)5/h6-9H2,1-5H3. The molecule has 1 aliphatic rings. The molecule has 1 rings (SSSR count). The molecule has 0 bridgehead atoms. The monoisotopic (exact) mass is 197 g/mol. The van der Waals surface area contributed by atoms with Crippen molar-refractivity contribution in [3.8, 4) is 0 Å². The third kappa shape index (κ3) is 2.28. The molecule has 0 N–H and O–H groups in total. The van der Waals surface area contributed by atoms with Crippen LogP contribution >= 0.6 is 0 Å². The van der Waals surface area contributed by atoms with Gasteiger partial charge in [0, 0.05) is 18.5 Å². The van der Waals surface area contributed by atoms with Gasteiger partial charge in [-0.15, -0.1) is 0 Å². The van der Waals surface area contributed by atoms with E-state index in [1.165, 1.54) is 0 Å². The zero-order chi connectivity index (χ0) is 11.0. The van der Waals surface area contributed by atoms with Gasteiger partial charge in [0.1, 0.15) is 0 Å². The predicted octanol–water partition coefficient (Wildman–Crippen LogP) is 2.82. The van der Waals surface area contributed by atoms with Crippen molar-refractivity contribution in [3.63, 3.8) is 0 Å². The lowest BCUT2D eigenvalue weighted by atomic mass is 9.73. The van der Waals surface area contributed by atoms with Crippen LogP contribution in [-0.2, 0) is 4.79 Å². The Labute approximate surface area is 87.7 Å². The van der Waals surface area contributed by atoms with Gasteiger partial charge in [0.25, 0.3) is 0 Å². The van der Waals surface area contributed by atoms with E-state index in [9.17, 15) is 4.79 Å². The summed E-state index contributed by atoms with van der Waals surface area (Å²) in [7, 11) is 0.